The molecule has 0 radical (unpaired) electrons. The van der Waals surface area contributed by atoms with E-state index in [0.717, 1.165) is 17.1 Å². The number of nitrogens with two attached hydrogens (primary N) is 1. The summed E-state index contributed by atoms with van der Waals surface area (Å²) in [5.41, 5.74) is 8.86. The minimum absolute atomic E-state index is 0.389. The summed E-state index contributed by atoms with van der Waals surface area (Å²) >= 11 is 4.90. The van der Waals surface area contributed by atoms with Gasteiger partial charge in [0.15, 0.2) is 0 Å². The van der Waals surface area contributed by atoms with Crippen molar-refractivity contribution < 1.29 is 9.47 Å². The van der Waals surface area contributed by atoms with Crippen LogP contribution in [-0.2, 0) is 0 Å². The Balaban J connectivity index is 1.79. The number of aryl methyl sites for hydroxylation is 2. The van der Waals surface area contributed by atoms with Gasteiger partial charge < -0.3 is 15.2 Å². The van der Waals surface area contributed by atoms with E-state index in [0.29, 0.717) is 18.2 Å². The average Bonchev–Trinajstić information content (AvgIpc) is 2.47. The smallest absolute Gasteiger partial charge is 0.122 e. The van der Waals surface area contributed by atoms with Crippen LogP contribution in [0.5, 0.6) is 11.5 Å². The Kier molecular flexibility index (Phi) is 5.17. The zero-order valence-electron chi connectivity index (χ0n) is 12.3. The fourth-order valence-electron chi connectivity index (χ4n) is 1.84. The van der Waals surface area contributed by atoms with Crippen molar-refractivity contribution in [1.29, 1.82) is 0 Å². The first kappa shape index (κ1) is 15.3. The molecule has 0 aliphatic rings. The van der Waals surface area contributed by atoms with E-state index in [1.165, 1.54) is 11.1 Å². The van der Waals surface area contributed by atoms with Crippen molar-refractivity contribution in [2.45, 2.75) is 13.8 Å². The van der Waals surface area contributed by atoms with Crippen LogP contribution in [-0.4, -0.2) is 18.2 Å². The molecule has 0 aliphatic heterocycles. The van der Waals surface area contributed by atoms with Gasteiger partial charge in [-0.05, 0) is 61.4 Å². The Hall–Kier alpha value is -2.07. The highest BCUT2D eigenvalue weighted by Gasteiger charge is 1.99. The lowest BCUT2D eigenvalue weighted by Crippen LogP contribution is -2.10. The van der Waals surface area contributed by atoms with Crippen molar-refractivity contribution in [3.63, 3.8) is 0 Å². The lowest BCUT2D eigenvalue weighted by atomic mass is 10.1. The van der Waals surface area contributed by atoms with Crippen LogP contribution >= 0.6 is 12.2 Å². The van der Waals surface area contributed by atoms with Crippen LogP contribution in [0.2, 0.25) is 0 Å². The van der Waals surface area contributed by atoms with Gasteiger partial charge in [-0.25, -0.2) is 0 Å². The molecule has 0 atom stereocenters. The lowest BCUT2D eigenvalue weighted by Gasteiger charge is -2.10. The summed E-state index contributed by atoms with van der Waals surface area (Å²) in [5.74, 6) is 1.64. The lowest BCUT2D eigenvalue weighted by molar-refractivity contribution is 0.217. The predicted octanol–water partition coefficient (Wildman–Crippen LogP) is 3.40. The second-order valence-electron chi connectivity index (χ2n) is 4.83. The second kappa shape index (κ2) is 7.09. The Labute approximate surface area is 130 Å². The van der Waals surface area contributed by atoms with Crippen LogP contribution in [0, 0.1) is 13.8 Å². The summed E-state index contributed by atoms with van der Waals surface area (Å²) in [7, 11) is 0. The van der Waals surface area contributed by atoms with E-state index in [2.05, 4.69) is 19.9 Å². The first-order valence-corrected chi connectivity index (χ1v) is 7.20. The normalized spacial score (nSPS) is 10.2. The van der Waals surface area contributed by atoms with E-state index in [9.17, 15) is 0 Å². The molecule has 0 aromatic heterocycles. The fourth-order valence-corrected chi connectivity index (χ4v) is 1.97. The molecule has 0 unspecified atom stereocenters. The van der Waals surface area contributed by atoms with Crippen LogP contribution in [0.3, 0.4) is 0 Å². The van der Waals surface area contributed by atoms with E-state index in [4.69, 9.17) is 27.4 Å². The minimum atomic E-state index is 0.389. The van der Waals surface area contributed by atoms with Gasteiger partial charge in [0, 0.05) is 5.56 Å². The molecule has 2 rings (SSSR count). The van der Waals surface area contributed by atoms with E-state index < -0.39 is 0 Å². The standard InChI is InChI=1S/C17H19NO2S/c1-12-3-6-16(11-13(12)2)20-10-9-19-15-7-4-14(5-8-15)17(18)21/h3-8,11H,9-10H2,1-2H3,(H2,18,21). The molecule has 3 nitrogen and oxygen atoms in total. The molecule has 4 heteroatoms. The first-order chi connectivity index (χ1) is 10.1. The molecule has 2 aromatic rings. The van der Waals surface area contributed by atoms with Crippen LogP contribution in [0.25, 0.3) is 0 Å². The number of thiocarbonyl (C=S) groups is 1. The van der Waals surface area contributed by atoms with Crippen LogP contribution in [0.15, 0.2) is 42.5 Å². The maximum absolute atomic E-state index is 5.66. The largest absolute Gasteiger partial charge is 0.490 e. The maximum Gasteiger partial charge on any atom is 0.122 e. The first-order valence-electron chi connectivity index (χ1n) is 6.79. The van der Waals surface area contributed by atoms with Crippen molar-refractivity contribution >= 4 is 17.2 Å². The molecule has 0 saturated carbocycles. The highest BCUT2D eigenvalue weighted by molar-refractivity contribution is 7.80. The van der Waals surface area contributed by atoms with E-state index >= 15 is 0 Å². The molecule has 0 amide bonds. The summed E-state index contributed by atoms with van der Waals surface area (Å²) in [5, 5.41) is 0. The molecule has 0 heterocycles. The molecular weight excluding hydrogens is 282 g/mol. The third-order valence-electron chi connectivity index (χ3n) is 3.24. The van der Waals surface area contributed by atoms with Gasteiger partial charge in [-0.3, -0.25) is 0 Å². The Morgan fingerprint density at radius 3 is 2.05 bits per heavy atom. The Morgan fingerprint density at radius 2 is 1.48 bits per heavy atom. The summed E-state index contributed by atoms with van der Waals surface area (Å²) in [4.78, 5) is 0.389. The number of hydrogen-bond donors (Lipinski definition) is 1. The van der Waals surface area contributed by atoms with Crippen molar-refractivity contribution in [2.24, 2.45) is 5.73 Å². The number of rotatable bonds is 6. The Morgan fingerprint density at radius 1 is 0.905 bits per heavy atom. The van der Waals surface area contributed by atoms with E-state index in [1.54, 1.807) is 0 Å². The van der Waals surface area contributed by atoms with Crippen molar-refractivity contribution in [2.75, 3.05) is 13.2 Å². The van der Waals surface area contributed by atoms with Gasteiger partial charge in [-0.2, -0.15) is 0 Å². The van der Waals surface area contributed by atoms with Crippen molar-refractivity contribution in [3.05, 3.63) is 59.2 Å². The topological polar surface area (TPSA) is 44.5 Å². The van der Waals surface area contributed by atoms with Crippen molar-refractivity contribution in [1.82, 2.24) is 0 Å². The van der Waals surface area contributed by atoms with Gasteiger partial charge in [0.1, 0.15) is 29.7 Å². The fraction of sp³-hybridized carbons (Fsp3) is 0.235. The Bertz CT molecular complexity index is 623. The van der Waals surface area contributed by atoms with E-state index in [1.807, 2.05) is 36.4 Å². The summed E-state index contributed by atoms with van der Waals surface area (Å²) in [6.45, 7) is 5.14. The zero-order valence-corrected chi connectivity index (χ0v) is 13.1. The highest BCUT2D eigenvalue weighted by Crippen LogP contribution is 2.16. The molecule has 2 aromatic carbocycles. The van der Waals surface area contributed by atoms with Crippen LogP contribution in [0.4, 0.5) is 0 Å². The summed E-state index contributed by atoms with van der Waals surface area (Å²) in [6.07, 6.45) is 0. The molecule has 0 fully saturated rings. The third kappa shape index (κ3) is 4.46. The number of benzene rings is 2. The molecular formula is C17H19NO2S. The van der Waals surface area contributed by atoms with Gasteiger partial charge in [0.2, 0.25) is 0 Å². The maximum atomic E-state index is 5.66. The predicted molar refractivity (Wildman–Crippen MR) is 89.2 cm³/mol. The van der Waals surface area contributed by atoms with Crippen LogP contribution < -0.4 is 15.2 Å². The average molecular weight is 301 g/mol. The summed E-state index contributed by atoms with van der Waals surface area (Å²) < 4.78 is 11.3. The van der Waals surface area contributed by atoms with Gasteiger partial charge in [-0.1, -0.05) is 18.3 Å². The minimum Gasteiger partial charge on any atom is -0.490 e. The van der Waals surface area contributed by atoms with Gasteiger partial charge in [0.05, 0.1) is 0 Å². The van der Waals surface area contributed by atoms with Gasteiger partial charge in [-0.15, -0.1) is 0 Å². The molecule has 21 heavy (non-hydrogen) atoms. The summed E-state index contributed by atoms with van der Waals surface area (Å²) in [6, 6.07) is 13.5. The zero-order chi connectivity index (χ0) is 15.2. The monoisotopic (exact) mass is 301 g/mol. The molecule has 0 spiro atoms. The number of ether oxygens (including phenoxy) is 2. The highest BCUT2D eigenvalue weighted by atomic mass is 32.1. The number of hydrogen-bond acceptors (Lipinski definition) is 3. The van der Waals surface area contributed by atoms with Crippen LogP contribution in [0.1, 0.15) is 16.7 Å². The molecule has 2 N–H and O–H groups in total. The SMILES string of the molecule is Cc1ccc(OCCOc2ccc(C(N)=S)cc2)cc1C. The van der Waals surface area contributed by atoms with Crippen molar-refractivity contribution in [3.8, 4) is 11.5 Å². The van der Waals surface area contributed by atoms with E-state index in [-0.39, 0.29) is 0 Å². The second-order valence-corrected chi connectivity index (χ2v) is 5.27. The van der Waals surface area contributed by atoms with Gasteiger partial charge >= 0.3 is 0 Å². The molecule has 0 bridgehead atoms. The quantitative estimate of drug-likeness (QED) is 0.656. The van der Waals surface area contributed by atoms with Gasteiger partial charge in [0.25, 0.3) is 0 Å². The molecule has 0 aliphatic carbocycles. The third-order valence-corrected chi connectivity index (χ3v) is 3.47. The molecule has 110 valence electrons. The molecule has 0 saturated heterocycles.